The molecule has 1 saturated carbocycles. The van der Waals surface area contributed by atoms with E-state index in [-0.39, 0.29) is 6.54 Å². The minimum atomic E-state index is -4.24. The fourth-order valence-corrected chi connectivity index (χ4v) is 1.38. The Labute approximate surface area is 76.1 Å². The van der Waals surface area contributed by atoms with Crippen LogP contribution in [0.15, 0.2) is 0 Å². The Balaban J connectivity index is 2.04. The van der Waals surface area contributed by atoms with Crippen molar-refractivity contribution in [1.29, 1.82) is 0 Å². The summed E-state index contributed by atoms with van der Waals surface area (Å²) in [4.78, 5) is 1.99. The molecule has 1 aliphatic carbocycles. The fourth-order valence-electron chi connectivity index (χ4n) is 1.38. The molecule has 0 bridgehead atoms. The lowest BCUT2D eigenvalue weighted by molar-refractivity contribution is -0.157. The van der Waals surface area contributed by atoms with Crippen LogP contribution in [0, 0.1) is 0 Å². The summed E-state index contributed by atoms with van der Waals surface area (Å²) >= 11 is 0. The summed E-state index contributed by atoms with van der Waals surface area (Å²) < 4.78 is 35.0. The van der Waals surface area contributed by atoms with Crippen molar-refractivity contribution in [2.75, 3.05) is 20.1 Å². The second-order valence-corrected chi connectivity index (χ2v) is 3.49. The first-order valence-corrected chi connectivity index (χ1v) is 4.51. The molecule has 1 aliphatic rings. The second-order valence-electron chi connectivity index (χ2n) is 3.49. The Morgan fingerprint density at radius 2 is 2.00 bits per heavy atom. The zero-order valence-corrected chi connectivity index (χ0v) is 7.69. The van der Waals surface area contributed by atoms with Gasteiger partial charge in [-0.05, 0) is 19.9 Å². The molecular formula is C8H15F3N2. The van der Waals surface area contributed by atoms with E-state index in [9.17, 15) is 13.2 Å². The summed E-state index contributed by atoms with van der Waals surface area (Å²) in [6, 6.07) is 0.509. The van der Waals surface area contributed by atoms with Crippen LogP contribution >= 0.6 is 0 Å². The summed E-state index contributed by atoms with van der Waals surface area (Å²) in [6.45, 7) is 0.445. The predicted molar refractivity (Wildman–Crippen MR) is 44.3 cm³/mol. The molecule has 0 aromatic rings. The van der Waals surface area contributed by atoms with Crippen LogP contribution < -0.4 is 5.32 Å². The summed E-state index contributed by atoms with van der Waals surface area (Å²) in [5.74, 6) is 0. The Kier molecular flexibility index (Phi) is 3.55. The highest BCUT2D eigenvalue weighted by Gasteiger charge is 2.27. The van der Waals surface area contributed by atoms with Crippen LogP contribution in [-0.2, 0) is 0 Å². The molecule has 78 valence electrons. The highest BCUT2D eigenvalue weighted by Crippen LogP contribution is 2.23. The molecule has 0 radical (unpaired) electrons. The van der Waals surface area contributed by atoms with E-state index in [1.165, 1.54) is 11.7 Å². The van der Waals surface area contributed by atoms with Crippen molar-refractivity contribution >= 4 is 0 Å². The number of nitrogens with one attached hydrogen (secondary N) is 1. The van der Waals surface area contributed by atoms with E-state index >= 15 is 0 Å². The third-order valence-corrected chi connectivity index (χ3v) is 2.49. The van der Waals surface area contributed by atoms with Crippen LogP contribution in [0.3, 0.4) is 0 Å². The zero-order valence-electron chi connectivity index (χ0n) is 7.69. The van der Waals surface area contributed by atoms with E-state index in [4.69, 9.17) is 0 Å². The molecule has 0 amide bonds. The molecule has 0 unspecified atom stereocenters. The molecule has 2 nitrogen and oxygen atoms in total. The Bertz CT molecular complexity index is 154. The van der Waals surface area contributed by atoms with E-state index in [1.807, 2.05) is 11.9 Å². The second kappa shape index (κ2) is 4.28. The standard InChI is InChI=1S/C8H15F3N2/c1-13(7-3-2-4-7)6-5-12-8(9,10)11/h7,12H,2-6H2,1H3. The quantitative estimate of drug-likeness (QED) is 0.687. The average Bonchev–Trinajstić information content (AvgIpc) is 1.79. The van der Waals surface area contributed by atoms with Gasteiger partial charge in [-0.2, -0.15) is 13.2 Å². The van der Waals surface area contributed by atoms with Gasteiger partial charge < -0.3 is 4.90 Å². The number of rotatable bonds is 4. The third kappa shape index (κ3) is 3.95. The molecule has 0 spiro atoms. The van der Waals surface area contributed by atoms with Crippen molar-refractivity contribution in [1.82, 2.24) is 10.2 Å². The number of hydrogen-bond donors (Lipinski definition) is 1. The lowest BCUT2D eigenvalue weighted by atomic mass is 9.92. The van der Waals surface area contributed by atoms with Crippen molar-refractivity contribution in [2.24, 2.45) is 0 Å². The van der Waals surface area contributed by atoms with Gasteiger partial charge in [-0.3, -0.25) is 0 Å². The lowest BCUT2D eigenvalue weighted by Gasteiger charge is -2.34. The molecule has 0 aromatic heterocycles. The Morgan fingerprint density at radius 1 is 1.38 bits per heavy atom. The van der Waals surface area contributed by atoms with Crippen LogP contribution in [0.5, 0.6) is 0 Å². The molecule has 0 heterocycles. The molecule has 1 N–H and O–H groups in total. The zero-order chi connectivity index (χ0) is 9.90. The van der Waals surface area contributed by atoms with Crippen molar-refractivity contribution in [2.45, 2.75) is 31.6 Å². The molecule has 0 aromatic carbocycles. The van der Waals surface area contributed by atoms with E-state index < -0.39 is 6.30 Å². The van der Waals surface area contributed by atoms with Gasteiger partial charge in [-0.25, -0.2) is 5.32 Å². The van der Waals surface area contributed by atoms with Gasteiger partial charge in [0.05, 0.1) is 0 Å². The number of nitrogens with zero attached hydrogens (tertiary/aromatic N) is 1. The maximum atomic E-state index is 11.7. The van der Waals surface area contributed by atoms with Crippen LogP contribution in [0.25, 0.3) is 0 Å². The molecule has 5 heteroatoms. The maximum Gasteiger partial charge on any atom is 0.457 e. The van der Waals surface area contributed by atoms with E-state index in [0.29, 0.717) is 12.6 Å². The van der Waals surface area contributed by atoms with Gasteiger partial charge in [0.2, 0.25) is 0 Å². The number of likely N-dealkylation sites (N-methyl/N-ethyl adjacent to an activating group) is 1. The van der Waals surface area contributed by atoms with E-state index in [0.717, 1.165) is 12.8 Å². The lowest BCUT2D eigenvalue weighted by Crippen LogP contribution is -2.43. The van der Waals surface area contributed by atoms with Crippen LogP contribution in [0.1, 0.15) is 19.3 Å². The van der Waals surface area contributed by atoms with E-state index in [1.54, 1.807) is 0 Å². The van der Waals surface area contributed by atoms with Crippen molar-refractivity contribution < 1.29 is 13.2 Å². The average molecular weight is 196 g/mol. The topological polar surface area (TPSA) is 15.3 Å². The molecular weight excluding hydrogens is 181 g/mol. The minimum Gasteiger partial charge on any atom is -0.302 e. The van der Waals surface area contributed by atoms with Crippen LogP contribution in [0.4, 0.5) is 13.2 Å². The highest BCUT2D eigenvalue weighted by atomic mass is 19.4. The third-order valence-electron chi connectivity index (χ3n) is 2.49. The first-order chi connectivity index (χ1) is 5.99. The van der Waals surface area contributed by atoms with Gasteiger partial charge >= 0.3 is 6.30 Å². The molecule has 13 heavy (non-hydrogen) atoms. The van der Waals surface area contributed by atoms with Gasteiger partial charge in [-0.1, -0.05) is 6.42 Å². The first-order valence-electron chi connectivity index (χ1n) is 4.51. The van der Waals surface area contributed by atoms with Crippen molar-refractivity contribution in [3.05, 3.63) is 0 Å². The van der Waals surface area contributed by atoms with Crippen molar-refractivity contribution in [3.8, 4) is 0 Å². The summed E-state index contributed by atoms with van der Waals surface area (Å²) in [5, 5.41) is 1.51. The van der Waals surface area contributed by atoms with Gasteiger partial charge in [0.25, 0.3) is 0 Å². The normalized spacial score (nSPS) is 19.2. The van der Waals surface area contributed by atoms with Gasteiger partial charge in [0.15, 0.2) is 0 Å². The summed E-state index contributed by atoms with van der Waals surface area (Å²) in [6.07, 6.45) is -0.771. The number of hydrogen-bond acceptors (Lipinski definition) is 2. The maximum absolute atomic E-state index is 11.7. The van der Waals surface area contributed by atoms with Crippen LogP contribution in [-0.4, -0.2) is 37.4 Å². The summed E-state index contributed by atoms with van der Waals surface area (Å²) in [7, 11) is 1.88. The van der Waals surface area contributed by atoms with Gasteiger partial charge in [-0.15, -0.1) is 0 Å². The van der Waals surface area contributed by atoms with Gasteiger partial charge in [0, 0.05) is 19.1 Å². The minimum absolute atomic E-state index is 0.0174. The SMILES string of the molecule is CN(CCNC(F)(F)F)C1CCC1. The predicted octanol–water partition coefficient (Wildman–Crippen LogP) is 1.58. The molecule has 1 fully saturated rings. The molecule has 0 saturated heterocycles. The number of alkyl halides is 3. The smallest absolute Gasteiger partial charge is 0.302 e. The first kappa shape index (κ1) is 10.8. The Morgan fingerprint density at radius 3 is 2.38 bits per heavy atom. The molecule has 1 rings (SSSR count). The summed E-state index contributed by atoms with van der Waals surface area (Å²) in [5.41, 5.74) is 0. The Hall–Kier alpha value is -0.290. The largest absolute Gasteiger partial charge is 0.457 e. The van der Waals surface area contributed by atoms with E-state index in [2.05, 4.69) is 0 Å². The van der Waals surface area contributed by atoms with Gasteiger partial charge in [0.1, 0.15) is 0 Å². The molecule has 0 aliphatic heterocycles. The van der Waals surface area contributed by atoms with Crippen molar-refractivity contribution in [3.63, 3.8) is 0 Å². The number of halogens is 3. The fraction of sp³-hybridized carbons (Fsp3) is 1.00. The van der Waals surface area contributed by atoms with Crippen LogP contribution in [0.2, 0.25) is 0 Å². The highest BCUT2D eigenvalue weighted by molar-refractivity contribution is 4.77. The molecule has 0 atom stereocenters. The monoisotopic (exact) mass is 196 g/mol.